The first-order valence-electron chi connectivity index (χ1n) is 10.1. The molecule has 2 aromatic rings. The van der Waals surface area contributed by atoms with Gasteiger partial charge >= 0.3 is 5.97 Å². The number of hydrogen-bond donors (Lipinski definition) is 0. The Kier molecular flexibility index (Phi) is 4.66. The van der Waals surface area contributed by atoms with Gasteiger partial charge in [0, 0.05) is 5.56 Å². The van der Waals surface area contributed by atoms with Crippen molar-refractivity contribution in [2.24, 2.45) is 28.8 Å². The molecule has 3 aliphatic rings. The van der Waals surface area contributed by atoms with Crippen LogP contribution in [-0.2, 0) is 9.59 Å². The van der Waals surface area contributed by atoms with Crippen LogP contribution in [0.15, 0.2) is 65.8 Å². The van der Waals surface area contributed by atoms with Crippen LogP contribution in [0.2, 0.25) is 0 Å². The molecule has 2 aromatic carbocycles. The van der Waals surface area contributed by atoms with Crippen LogP contribution in [0.25, 0.3) is 0 Å². The minimum atomic E-state index is -0.533. The molecule has 2 aliphatic carbocycles. The maximum atomic E-state index is 12.8. The summed E-state index contributed by atoms with van der Waals surface area (Å²) in [6, 6.07) is 13.4. The number of methoxy groups -OCH3 is 1. The van der Waals surface area contributed by atoms with E-state index < -0.39 is 5.97 Å². The largest absolute Gasteiger partial charge is 0.497 e. The molecule has 7 nitrogen and oxygen atoms in total. The second kappa shape index (κ2) is 7.50. The molecular formula is C24H20N2O5. The highest BCUT2D eigenvalue weighted by Gasteiger charge is 2.59. The Balaban J connectivity index is 1.34. The second-order valence-corrected chi connectivity index (χ2v) is 7.89. The van der Waals surface area contributed by atoms with Crippen LogP contribution in [0.3, 0.4) is 0 Å². The average Bonchev–Trinajstić information content (AvgIpc) is 3.47. The van der Waals surface area contributed by atoms with Crippen molar-refractivity contribution in [3.63, 3.8) is 0 Å². The third-order valence-corrected chi connectivity index (χ3v) is 6.21. The van der Waals surface area contributed by atoms with E-state index in [1.165, 1.54) is 6.21 Å². The summed E-state index contributed by atoms with van der Waals surface area (Å²) in [5, 5.41) is 5.15. The number of hydrogen-bond acceptors (Lipinski definition) is 6. The lowest BCUT2D eigenvalue weighted by atomic mass is 9.85. The number of para-hydroxylation sites is 1. The van der Waals surface area contributed by atoms with Gasteiger partial charge in [-0.2, -0.15) is 10.1 Å². The number of carbonyl (C=O) groups excluding carboxylic acids is 3. The highest BCUT2D eigenvalue weighted by Crippen LogP contribution is 2.52. The Hall–Kier alpha value is -3.74. The smallest absolute Gasteiger partial charge is 0.343 e. The molecule has 1 saturated carbocycles. The van der Waals surface area contributed by atoms with E-state index in [0.29, 0.717) is 16.9 Å². The van der Waals surface area contributed by atoms with Crippen LogP contribution in [0.1, 0.15) is 22.3 Å². The minimum absolute atomic E-state index is 0.129. The first-order valence-corrected chi connectivity index (χ1v) is 10.1. The summed E-state index contributed by atoms with van der Waals surface area (Å²) in [6.07, 6.45) is 6.34. The van der Waals surface area contributed by atoms with Crippen molar-refractivity contribution >= 4 is 24.0 Å². The van der Waals surface area contributed by atoms with Gasteiger partial charge < -0.3 is 9.47 Å². The molecule has 1 heterocycles. The lowest BCUT2D eigenvalue weighted by Crippen LogP contribution is -2.28. The number of allylic oxidation sites excluding steroid dienone is 2. The normalized spacial score (nSPS) is 26.0. The molecule has 4 atom stereocenters. The number of carbonyl (C=O) groups is 3. The molecule has 2 fully saturated rings. The van der Waals surface area contributed by atoms with Crippen molar-refractivity contribution in [3.8, 4) is 11.5 Å². The van der Waals surface area contributed by atoms with E-state index in [2.05, 4.69) is 5.10 Å². The standard InChI is InChI=1S/C24H20N2O5/c1-30-18-10-8-14(9-11-18)24(29)31-19-5-3-2-4-17(19)13-25-26-22(27)20-15-6-7-16(12-15)21(20)23(26)28/h2-11,13,15-16,20-21H,12H2,1H3. The number of amides is 2. The molecule has 0 aromatic heterocycles. The van der Waals surface area contributed by atoms with Crippen molar-refractivity contribution < 1.29 is 23.9 Å². The van der Waals surface area contributed by atoms with Crippen LogP contribution < -0.4 is 9.47 Å². The van der Waals surface area contributed by atoms with Crippen LogP contribution in [-0.4, -0.2) is 36.1 Å². The lowest BCUT2D eigenvalue weighted by Gasteiger charge is -2.13. The van der Waals surface area contributed by atoms with Gasteiger partial charge in [-0.25, -0.2) is 4.79 Å². The molecule has 0 radical (unpaired) electrons. The van der Waals surface area contributed by atoms with E-state index in [1.807, 2.05) is 12.2 Å². The van der Waals surface area contributed by atoms with E-state index in [9.17, 15) is 14.4 Å². The van der Waals surface area contributed by atoms with E-state index >= 15 is 0 Å². The number of rotatable bonds is 5. The van der Waals surface area contributed by atoms with Gasteiger partial charge in [0.25, 0.3) is 11.8 Å². The van der Waals surface area contributed by atoms with Crippen molar-refractivity contribution in [1.82, 2.24) is 5.01 Å². The summed E-state index contributed by atoms with van der Waals surface area (Å²) in [5.74, 6) is -0.467. The van der Waals surface area contributed by atoms with Gasteiger partial charge in [-0.05, 0) is 54.7 Å². The molecule has 1 saturated heterocycles. The minimum Gasteiger partial charge on any atom is -0.497 e. The molecule has 2 bridgehead atoms. The van der Waals surface area contributed by atoms with E-state index in [4.69, 9.17) is 9.47 Å². The zero-order valence-electron chi connectivity index (χ0n) is 16.8. The number of fused-ring (bicyclic) bond motifs is 5. The Labute approximate surface area is 178 Å². The Bertz CT molecular complexity index is 1090. The van der Waals surface area contributed by atoms with Crippen molar-refractivity contribution in [3.05, 3.63) is 71.8 Å². The van der Waals surface area contributed by atoms with Crippen molar-refractivity contribution in [2.45, 2.75) is 6.42 Å². The zero-order valence-corrected chi connectivity index (χ0v) is 16.8. The maximum Gasteiger partial charge on any atom is 0.343 e. The van der Waals surface area contributed by atoms with Gasteiger partial charge in [0.15, 0.2) is 0 Å². The Morgan fingerprint density at radius 3 is 2.29 bits per heavy atom. The SMILES string of the molecule is COc1ccc(C(=O)Oc2ccccc2C=NN2C(=O)C3C4C=CC(C4)C3C2=O)cc1. The zero-order chi connectivity index (χ0) is 21.5. The van der Waals surface area contributed by atoms with Crippen LogP contribution in [0, 0.1) is 23.7 Å². The van der Waals surface area contributed by atoms with Gasteiger partial charge in [0.2, 0.25) is 0 Å². The summed E-state index contributed by atoms with van der Waals surface area (Å²) in [4.78, 5) is 38.0. The quantitative estimate of drug-likeness (QED) is 0.246. The molecule has 1 aliphatic heterocycles. The van der Waals surface area contributed by atoms with Gasteiger partial charge in [-0.15, -0.1) is 0 Å². The van der Waals surface area contributed by atoms with Gasteiger partial charge in [-0.3, -0.25) is 9.59 Å². The summed E-state index contributed by atoms with van der Waals surface area (Å²) in [6.45, 7) is 0. The predicted molar refractivity (Wildman–Crippen MR) is 112 cm³/mol. The monoisotopic (exact) mass is 416 g/mol. The number of imide groups is 1. The maximum absolute atomic E-state index is 12.8. The first kappa shape index (κ1) is 19.2. The van der Waals surface area contributed by atoms with Crippen LogP contribution in [0.5, 0.6) is 11.5 Å². The molecule has 7 heteroatoms. The number of esters is 1. The number of hydrazone groups is 1. The fourth-order valence-electron chi connectivity index (χ4n) is 4.69. The number of benzene rings is 2. The number of nitrogens with zero attached hydrogens (tertiary/aromatic N) is 2. The molecule has 0 spiro atoms. The highest BCUT2D eigenvalue weighted by molar-refractivity contribution is 6.07. The second-order valence-electron chi connectivity index (χ2n) is 7.89. The lowest BCUT2D eigenvalue weighted by molar-refractivity contribution is -0.140. The molecule has 156 valence electrons. The molecule has 5 rings (SSSR count). The highest BCUT2D eigenvalue weighted by atomic mass is 16.5. The van der Waals surface area contributed by atoms with Gasteiger partial charge in [-0.1, -0.05) is 24.3 Å². The van der Waals surface area contributed by atoms with E-state index in [0.717, 1.165) is 11.4 Å². The molecule has 4 unspecified atom stereocenters. The van der Waals surface area contributed by atoms with E-state index in [1.54, 1.807) is 55.6 Å². The summed E-state index contributed by atoms with van der Waals surface area (Å²) >= 11 is 0. The molecular weight excluding hydrogens is 396 g/mol. The summed E-state index contributed by atoms with van der Waals surface area (Å²) in [5.41, 5.74) is 0.858. The van der Waals surface area contributed by atoms with Crippen LogP contribution >= 0.6 is 0 Å². The van der Waals surface area contributed by atoms with Gasteiger partial charge in [0.05, 0.1) is 30.7 Å². The molecule has 2 amide bonds. The van der Waals surface area contributed by atoms with Crippen LogP contribution in [0.4, 0.5) is 0 Å². The molecule has 31 heavy (non-hydrogen) atoms. The Morgan fingerprint density at radius 2 is 1.65 bits per heavy atom. The van der Waals surface area contributed by atoms with Crippen molar-refractivity contribution in [1.29, 1.82) is 0 Å². The third kappa shape index (κ3) is 3.22. The average molecular weight is 416 g/mol. The van der Waals surface area contributed by atoms with Gasteiger partial charge in [0.1, 0.15) is 11.5 Å². The fourth-order valence-corrected chi connectivity index (χ4v) is 4.69. The third-order valence-electron chi connectivity index (χ3n) is 6.21. The topological polar surface area (TPSA) is 85.3 Å². The summed E-state index contributed by atoms with van der Waals surface area (Å²) in [7, 11) is 1.55. The van der Waals surface area contributed by atoms with Crippen molar-refractivity contribution in [2.75, 3.05) is 7.11 Å². The Morgan fingerprint density at radius 1 is 1.00 bits per heavy atom. The fraction of sp³-hybridized carbons (Fsp3) is 0.250. The first-order chi connectivity index (χ1) is 15.1. The molecule has 0 N–H and O–H groups in total. The number of ether oxygens (including phenoxy) is 2. The summed E-state index contributed by atoms with van der Waals surface area (Å²) < 4.78 is 10.6. The predicted octanol–water partition coefficient (Wildman–Crippen LogP) is 3.06. The van der Waals surface area contributed by atoms with E-state index in [-0.39, 0.29) is 41.2 Å².